The molecule has 0 aromatic heterocycles. The molecular formula is C20H25N. The van der Waals surface area contributed by atoms with E-state index in [9.17, 15) is 0 Å². The predicted molar refractivity (Wildman–Crippen MR) is 89.8 cm³/mol. The second kappa shape index (κ2) is 5.31. The lowest BCUT2D eigenvalue weighted by atomic mass is 9.76. The first-order valence-corrected chi connectivity index (χ1v) is 7.82. The van der Waals surface area contributed by atoms with E-state index >= 15 is 0 Å². The van der Waals surface area contributed by atoms with Gasteiger partial charge >= 0.3 is 0 Å². The maximum Gasteiger partial charge on any atom is 0.0236 e. The number of likely N-dealkylation sites (N-methyl/N-ethyl adjacent to an activating group) is 1. The molecule has 3 rings (SSSR count). The standard InChI is InChI=1S/C20H25N/c1-20(2,3)19-12-8-11-16-17(13-21(4)14-18(16)19)15-9-6-5-7-10-15/h5-12,17H,13-14H2,1-4H3. The minimum atomic E-state index is 0.199. The second-order valence-electron chi connectivity index (χ2n) is 7.28. The first-order chi connectivity index (χ1) is 9.97. The molecule has 1 aliphatic rings. The number of fused-ring (bicyclic) bond motifs is 1. The number of nitrogens with zero attached hydrogens (tertiary/aromatic N) is 1. The van der Waals surface area contributed by atoms with Crippen molar-refractivity contribution in [3.8, 4) is 0 Å². The van der Waals surface area contributed by atoms with Gasteiger partial charge in [0.2, 0.25) is 0 Å². The van der Waals surface area contributed by atoms with Gasteiger partial charge in [0.05, 0.1) is 0 Å². The van der Waals surface area contributed by atoms with Crippen LogP contribution in [0.4, 0.5) is 0 Å². The number of benzene rings is 2. The van der Waals surface area contributed by atoms with E-state index in [0.717, 1.165) is 13.1 Å². The highest BCUT2D eigenvalue weighted by molar-refractivity contribution is 5.46. The predicted octanol–water partition coefficient (Wildman–Crippen LogP) is 4.56. The van der Waals surface area contributed by atoms with E-state index < -0.39 is 0 Å². The highest BCUT2D eigenvalue weighted by atomic mass is 15.1. The zero-order chi connectivity index (χ0) is 15.0. The molecule has 110 valence electrons. The SMILES string of the molecule is CN1Cc2c(cccc2C(C)(C)C)C(c2ccccc2)C1. The lowest BCUT2D eigenvalue weighted by Gasteiger charge is -2.36. The van der Waals surface area contributed by atoms with Gasteiger partial charge in [-0.05, 0) is 34.7 Å². The van der Waals surface area contributed by atoms with E-state index in [1.54, 1.807) is 0 Å². The first-order valence-electron chi connectivity index (χ1n) is 7.82. The molecule has 1 aliphatic heterocycles. The van der Waals surface area contributed by atoms with Crippen LogP contribution in [0.3, 0.4) is 0 Å². The quantitative estimate of drug-likeness (QED) is 0.739. The Balaban J connectivity index is 2.14. The second-order valence-corrected chi connectivity index (χ2v) is 7.28. The third-order valence-electron chi connectivity index (χ3n) is 4.52. The van der Waals surface area contributed by atoms with Gasteiger partial charge in [0, 0.05) is 19.0 Å². The van der Waals surface area contributed by atoms with Gasteiger partial charge in [-0.3, -0.25) is 0 Å². The summed E-state index contributed by atoms with van der Waals surface area (Å²) in [5.74, 6) is 0.488. The van der Waals surface area contributed by atoms with E-state index in [0.29, 0.717) is 5.92 Å². The normalized spacial score (nSPS) is 19.3. The smallest absolute Gasteiger partial charge is 0.0236 e. The average Bonchev–Trinajstić information content (AvgIpc) is 2.45. The number of hydrogen-bond donors (Lipinski definition) is 0. The summed E-state index contributed by atoms with van der Waals surface area (Å²) in [6, 6.07) is 17.8. The number of hydrogen-bond acceptors (Lipinski definition) is 1. The van der Waals surface area contributed by atoms with Crippen LogP contribution < -0.4 is 0 Å². The summed E-state index contributed by atoms with van der Waals surface area (Å²) in [7, 11) is 2.23. The summed E-state index contributed by atoms with van der Waals surface area (Å²) in [6.07, 6.45) is 0. The zero-order valence-corrected chi connectivity index (χ0v) is 13.6. The molecule has 0 amide bonds. The molecule has 0 radical (unpaired) electrons. The first kappa shape index (κ1) is 14.3. The van der Waals surface area contributed by atoms with Crippen LogP contribution in [0.5, 0.6) is 0 Å². The van der Waals surface area contributed by atoms with Gasteiger partial charge in [-0.1, -0.05) is 69.3 Å². The van der Waals surface area contributed by atoms with Crippen molar-refractivity contribution >= 4 is 0 Å². The lowest BCUT2D eigenvalue weighted by molar-refractivity contribution is 0.291. The van der Waals surface area contributed by atoms with Crippen molar-refractivity contribution in [3.63, 3.8) is 0 Å². The van der Waals surface area contributed by atoms with Crippen LogP contribution in [0.1, 0.15) is 48.9 Å². The van der Waals surface area contributed by atoms with E-state index in [4.69, 9.17) is 0 Å². The molecule has 1 nitrogen and oxygen atoms in total. The molecule has 0 saturated heterocycles. The molecule has 0 N–H and O–H groups in total. The van der Waals surface area contributed by atoms with Gasteiger partial charge < -0.3 is 4.90 Å². The molecule has 0 bridgehead atoms. The van der Waals surface area contributed by atoms with Crippen LogP contribution in [-0.4, -0.2) is 18.5 Å². The van der Waals surface area contributed by atoms with Crippen molar-refractivity contribution in [2.45, 2.75) is 38.6 Å². The Labute approximate surface area is 128 Å². The van der Waals surface area contributed by atoms with Crippen molar-refractivity contribution < 1.29 is 0 Å². The minimum absolute atomic E-state index is 0.199. The van der Waals surface area contributed by atoms with Crippen LogP contribution in [0.2, 0.25) is 0 Å². The minimum Gasteiger partial charge on any atom is -0.301 e. The largest absolute Gasteiger partial charge is 0.301 e. The maximum absolute atomic E-state index is 2.45. The number of rotatable bonds is 1. The van der Waals surface area contributed by atoms with E-state index in [2.05, 4.69) is 81.2 Å². The van der Waals surface area contributed by atoms with Gasteiger partial charge in [-0.2, -0.15) is 0 Å². The Morgan fingerprint density at radius 2 is 1.67 bits per heavy atom. The topological polar surface area (TPSA) is 3.24 Å². The summed E-state index contributed by atoms with van der Waals surface area (Å²) in [5.41, 5.74) is 6.17. The van der Waals surface area contributed by atoms with E-state index in [1.165, 1.54) is 22.3 Å². The highest BCUT2D eigenvalue weighted by Crippen LogP contribution is 2.38. The Kier molecular flexibility index (Phi) is 3.62. The molecule has 2 aromatic carbocycles. The van der Waals surface area contributed by atoms with Crippen LogP contribution in [0.15, 0.2) is 48.5 Å². The summed E-state index contributed by atoms with van der Waals surface area (Å²) >= 11 is 0. The molecule has 0 aliphatic carbocycles. The van der Waals surface area contributed by atoms with Gasteiger partial charge in [0.15, 0.2) is 0 Å². The lowest BCUT2D eigenvalue weighted by Crippen LogP contribution is -2.33. The molecule has 1 heterocycles. The summed E-state index contributed by atoms with van der Waals surface area (Å²) in [6.45, 7) is 9.11. The Bertz CT molecular complexity index is 622. The van der Waals surface area contributed by atoms with Crippen LogP contribution >= 0.6 is 0 Å². The van der Waals surface area contributed by atoms with Gasteiger partial charge in [0.25, 0.3) is 0 Å². The van der Waals surface area contributed by atoms with E-state index in [1.807, 2.05) is 0 Å². The summed E-state index contributed by atoms with van der Waals surface area (Å²) < 4.78 is 0. The van der Waals surface area contributed by atoms with E-state index in [-0.39, 0.29) is 5.41 Å². The van der Waals surface area contributed by atoms with Crippen LogP contribution in [-0.2, 0) is 12.0 Å². The van der Waals surface area contributed by atoms with Crippen LogP contribution in [0.25, 0.3) is 0 Å². The molecule has 21 heavy (non-hydrogen) atoms. The Hall–Kier alpha value is -1.60. The van der Waals surface area contributed by atoms with Crippen molar-refractivity contribution in [3.05, 3.63) is 70.8 Å². The molecule has 0 saturated carbocycles. The zero-order valence-electron chi connectivity index (χ0n) is 13.6. The monoisotopic (exact) mass is 279 g/mol. The third-order valence-corrected chi connectivity index (χ3v) is 4.52. The molecular weight excluding hydrogens is 254 g/mol. The van der Waals surface area contributed by atoms with Crippen molar-refractivity contribution in [2.24, 2.45) is 0 Å². The molecule has 1 unspecified atom stereocenters. The third kappa shape index (κ3) is 2.75. The van der Waals surface area contributed by atoms with Crippen molar-refractivity contribution in [2.75, 3.05) is 13.6 Å². The highest BCUT2D eigenvalue weighted by Gasteiger charge is 2.29. The Morgan fingerprint density at radius 1 is 0.952 bits per heavy atom. The fourth-order valence-corrected chi connectivity index (χ4v) is 3.53. The average molecular weight is 279 g/mol. The fourth-order valence-electron chi connectivity index (χ4n) is 3.53. The van der Waals surface area contributed by atoms with Crippen molar-refractivity contribution in [1.29, 1.82) is 0 Å². The van der Waals surface area contributed by atoms with Crippen molar-refractivity contribution in [1.82, 2.24) is 4.90 Å². The Morgan fingerprint density at radius 3 is 2.33 bits per heavy atom. The molecule has 1 heteroatoms. The van der Waals surface area contributed by atoms with Gasteiger partial charge in [-0.25, -0.2) is 0 Å². The molecule has 1 atom stereocenters. The van der Waals surface area contributed by atoms with Crippen LogP contribution in [0, 0.1) is 0 Å². The van der Waals surface area contributed by atoms with Gasteiger partial charge in [0.1, 0.15) is 0 Å². The summed E-state index contributed by atoms with van der Waals surface area (Å²) in [5, 5.41) is 0. The van der Waals surface area contributed by atoms with Gasteiger partial charge in [-0.15, -0.1) is 0 Å². The molecule has 2 aromatic rings. The molecule has 0 fully saturated rings. The molecule has 0 spiro atoms. The summed E-state index contributed by atoms with van der Waals surface area (Å²) in [4.78, 5) is 2.45. The maximum atomic E-state index is 2.45. The fraction of sp³-hybridized carbons (Fsp3) is 0.400.